The molecule has 1 aliphatic heterocycles. The summed E-state index contributed by atoms with van der Waals surface area (Å²) in [5, 5.41) is 0. The lowest BCUT2D eigenvalue weighted by Gasteiger charge is -2.23. The molecule has 0 radical (unpaired) electrons. The van der Waals surface area contributed by atoms with E-state index >= 15 is 0 Å². The van der Waals surface area contributed by atoms with Gasteiger partial charge in [0, 0.05) is 24.2 Å². The number of alkyl halides is 3. The molecule has 0 N–H and O–H groups in total. The molecular formula is C18H17F3N2O3. The fourth-order valence-corrected chi connectivity index (χ4v) is 2.89. The Morgan fingerprint density at radius 3 is 2.46 bits per heavy atom. The highest BCUT2D eigenvalue weighted by atomic mass is 19.4. The Kier molecular flexibility index (Phi) is 5.01. The zero-order valence-corrected chi connectivity index (χ0v) is 13.8. The number of hydrogen-bond acceptors (Lipinski definition) is 3. The van der Waals surface area contributed by atoms with Crippen LogP contribution in [0.25, 0.3) is 0 Å². The third kappa shape index (κ3) is 4.25. The second-order valence-corrected chi connectivity index (χ2v) is 6.05. The van der Waals surface area contributed by atoms with Gasteiger partial charge in [0.25, 0.3) is 5.91 Å². The number of nitrogens with zero attached hydrogens (tertiary/aromatic N) is 2. The van der Waals surface area contributed by atoms with Gasteiger partial charge in [0.1, 0.15) is 12.3 Å². The second-order valence-electron chi connectivity index (χ2n) is 6.05. The van der Waals surface area contributed by atoms with Crippen molar-refractivity contribution in [2.75, 3.05) is 18.0 Å². The summed E-state index contributed by atoms with van der Waals surface area (Å²) >= 11 is 0. The van der Waals surface area contributed by atoms with Gasteiger partial charge in [-0.1, -0.05) is 0 Å². The van der Waals surface area contributed by atoms with E-state index in [-0.39, 0.29) is 23.8 Å². The summed E-state index contributed by atoms with van der Waals surface area (Å²) in [6.45, 7) is -1.05. The van der Waals surface area contributed by atoms with Crippen LogP contribution in [0.1, 0.15) is 29.0 Å². The molecule has 0 atom stereocenters. The zero-order valence-electron chi connectivity index (χ0n) is 13.8. The fourth-order valence-electron chi connectivity index (χ4n) is 2.89. The van der Waals surface area contributed by atoms with Crippen molar-refractivity contribution in [3.05, 3.63) is 54.0 Å². The van der Waals surface area contributed by atoms with Crippen LogP contribution in [0.4, 0.5) is 18.9 Å². The molecule has 5 nitrogen and oxygen atoms in total. The first-order valence-corrected chi connectivity index (χ1v) is 8.12. The predicted octanol–water partition coefficient (Wildman–Crippen LogP) is 3.61. The molecule has 1 aromatic carbocycles. The minimum Gasteiger partial charge on any atom is -0.467 e. The Morgan fingerprint density at radius 1 is 1.19 bits per heavy atom. The van der Waals surface area contributed by atoms with Crippen molar-refractivity contribution in [1.29, 1.82) is 0 Å². The normalized spacial score (nSPS) is 14.7. The van der Waals surface area contributed by atoms with Gasteiger partial charge in [0.05, 0.1) is 12.8 Å². The number of rotatable bonds is 5. The molecule has 1 aliphatic rings. The number of halogens is 3. The van der Waals surface area contributed by atoms with E-state index in [1.807, 2.05) is 0 Å². The van der Waals surface area contributed by atoms with Crippen LogP contribution in [0.5, 0.6) is 0 Å². The first-order valence-electron chi connectivity index (χ1n) is 8.12. The fraction of sp³-hybridized carbons (Fsp3) is 0.333. The summed E-state index contributed by atoms with van der Waals surface area (Å²) in [6, 6.07) is 9.10. The van der Waals surface area contributed by atoms with E-state index in [4.69, 9.17) is 4.42 Å². The van der Waals surface area contributed by atoms with Gasteiger partial charge < -0.3 is 14.2 Å². The monoisotopic (exact) mass is 366 g/mol. The van der Waals surface area contributed by atoms with Gasteiger partial charge in [0.15, 0.2) is 0 Å². The summed E-state index contributed by atoms with van der Waals surface area (Å²) < 4.78 is 43.6. The van der Waals surface area contributed by atoms with E-state index in [1.165, 1.54) is 24.5 Å². The van der Waals surface area contributed by atoms with E-state index < -0.39 is 18.6 Å². The Morgan fingerprint density at radius 2 is 1.92 bits per heavy atom. The minimum atomic E-state index is -4.52. The van der Waals surface area contributed by atoms with Crippen molar-refractivity contribution in [1.82, 2.24) is 4.90 Å². The van der Waals surface area contributed by atoms with Crippen LogP contribution in [-0.4, -0.2) is 36.0 Å². The number of carbonyl (C=O) groups excluding carboxylic acids is 2. The molecule has 1 fully saturated rings. The van der Waals surface area contributed by atoms with Gasteiger partial charge in [-0.2, -0.15) is 13.2 Å². The highest BCUT2D eigenvalue weighted by molar-refractivity contribution is 5.97. The molecule has 3 rings (SSSR count). The maximum Gasteiger partial charge on any atom is 0.406 e. The lowest BCUT2D eigenvalue weighted by Crippen LogP contribution is -2.38. The van der Waals surface area contributed by atoms with Crippen molar-refractivity contribution in [2.45, 2.75) is 25.6 Å². The average Bonchev–Trinajstić information content (AvgIpc) is 3.24. The molecule has 0 saturated carbocycles. The lowest BCUT2D eigenvalue weighted by molar-refractivity contribution is -0.142. The molecule has 138 valence electrons. The molecule has 0 spiro atoms. The quantitative estimate of drug-likeness (QED) is 0.812. The van der Waals surface area contributed by atoms with Crippen molar-refractivity contribution in [3.63, 3.8) is 0 Å². The number of carbonyl (C=O) groups is 2. The number of hydrogen-bond donors (Lipinski definition) is 0. The minimum absolute atomic E-state index is 0.000550. The molecule has 0 bridgehead atoms. The third-order valence-electron chi connectivity index (χ3n) is 4.08. The van der Waals surface area contributed by atoms with Crippen molar-refractivity contribution in [2.24, 2.45) is 0 Å². The highest BCUT2D eigenvalue weighted by Gasteiger charge is 2.34. The maximum atomic E-state index is 12.9. The summed E-state index contributed by atoms with van der Waals surface area (Å²) in [4.78, 5) is 26.6. The lowest BCUT2D eigenvalue weighted by atomic mass is 10.1. The smallest absolute Gasteiger partial charge is 0.406 e. The molecule has 26 heavy (non-hydrogen) atoms. The van der Waals surface area contributed by atoms with E-state index in [1.54, 1.807) is 23.1 Å². The van der Waals surface area contributed by atoms with Gasteiger partial charge in [0.2, 0.25) is 5.91 Å². The number of benzene rings is 1. The standard InChI is InChI=1S/C18H17F3N2O3/c19-18(20,21)12-22(11-15-3-2-10-26-15)17(25)13-5-7-14(8-6-13)23-9-1-4-16(23)24/h2-3,5-8,10H,1,4,9,11-12H2. The molecule has 1 saturated heterocycles. The second kappa shape index (κ2) is 7.23. The van der Waals surface area contributed by atoms with Gasteiger partial charge >= 0.3 is 6.18 Å². The van der Waals surface area contributed by atoms with E-state index in [0.717, 1.165) is 6.42 Å². The van der Waals surface area contributed by atoms with Gasteiger partial charge in [-0.15, -0.1) is 0 Å². The molecule has 2 aromatic rings. The first-order chi connectivity index (χ1) is 12.3. The van der Waals surface area contributed by atoms with Gasteiger partial charge in [-0.05, 0) is 42.8 Å². The zero-order chi connectivity index (χ0) is 18.7. The molecule has 1 aromatic heterocycles. The summed E-state index contributed by atoms with van der Waals surface area (Å²) in [5.74, 6) is -0.486. The van der Waals surface area contributed by atoms with E-state index in [9.17, 15) is 22.8 Å². The molecular weight excluding hydrogens is 349 g/mol. The van der Waals surface area contributed by atoms with Gasteiger partial charge in [-0.25, -0.2) is 0 Å². The van der Waals surface area contributed by atoms with Crippen LogP contribution in [0, 0.1) is 0 Å². The maximum absolute atomic E-state index is 12.9. The van der Waals surface area contributed by atoms with Crippen LogP contribution in [0.3, 0.4) is 0 Å². The summed E-state index contributed by atoms with van der Waals surface area (Å²) in [5.41, 5.74) is 0.758. The summed E-state index contributed by atoms with van der Waals surface area (Å²) in [6.07, 6.45) is -1.94. The molecule has 0 aliphatic carbocycles. The predicted molar refractivity (Wildman–Crippen MR) is 87.5 cm³/mol. The van der Waals surface area contributed by atoms with E-state index in [2.05, 4.69) is 0 Å². The molecule has 0 unspecified atom stereocenters. The topological polar surface area (TPSA) is 53.8 Å². The Hall–Kier alpha value is -2.77. The average molecular weight is 366 g/mol. The van der Waals surface area contributed by atoms with Crippen LogP contribution in [0.2, 0.25) is 0 Å². The Labute approximate surface area is 148 Å². The third-order valence-corrected chi connectivity index (χ3v) is 4.08. The van der Waals surface area contributed by atoms with Crippen molar-refractivity contribution < 1.29 is 27.2 Å². The number of anilines is 1. The van der Waals surface area contributed by atoms with Crippen LogP contribution in [-0.2, 0) is 11.3 Å². The highest BCUT2D eigenvalue weighted by Crippen LogP contribution is 2.24. The Bertz CT molecular complexity index is 770. The summed E-state index contributed by atoms with van der Waals surface area (Å²) in [7, 11) is 0. The Balaban J connectivity index is 1.78. The van der Waals surface area contributed by atoms with E-state index in [0.29, 0.717) is 23.6 Å². The van der Waals surface area contributed by atoms with Crippen molar-refractivity contribution in [3.8, 4) is 0 Å². The molecule has 8 heteroatoms. The van der Waals surface area contributed by atoms with Crippen LogP contribution in [0.15, 0.2) is 47.1 Å². The van der Waals surface area contributed by atoms with Crippen LogP contribution >= 0.6 is 0 Å². The number of amides is 2. The molecule has 2 heterocycles. The number of furan rings is 1. The van der Waals surface area contributed by atoms with Gasteiger partial charge in [-0.3, -0.25) is 9.59 Å². The SMILES string of the molecule is O=C(c1ccc(N2CCCC2=O)cc1)N(Cc1ccco1)CC(F)(F)F. The van der Waals surface area contributed by atoms with Crippen molar-refractivity contribution >= 4 is 17.5 Å². The first kappa shape index (κ1) is 18.0. The molecule has 2 amide bonds. The van der Waals surface area contributed by atoms with Crippen LogP contribution < -0.4 is 4.90 Å². The largest absolute Gasteiger partial charge is 0.467 e.